The third-order valence-electron chi connectivity index (χ3n) is 3.81. The quantitative estimate of drug-likeness (QED) is 0.589. The lowest BCUT2D eigenvalue weighted by Crippen LogP contribution is -2.47. The zero-order valence-electron chi connectivity index (χ0n) is 9.33. The summed E-state index contributed by atoms with van der Waals surface area (Å²) in [5.41, 5.74) is 4.56. The average Bonchev–Trinajstić information content (AvgIpc) is 2.85. The molecule has 1 aliphatic rings. The Kier molecular flexibility index (Phi) is 3.12. The Morgan fingerprint density at radius 3 is 2.80 bits per heavy atom. The molecule has 1 fully saturated rings. The van der Waals surface area contributed by atoms with Gasteiger partial charge in [0.2, 0.25) is 0 Å². The third kappa shape index (κ3) is 2.24. The van der Waals surface area contributed by atoms with Crippen molar-refractivity contribution in [2.45, 2.75) is 45.1 Å². The minimum absolute atomic E-state index is 0.353. The summed E-state index contributed by atoms with van der Waals surface area (Å²) in [5, 5.41) is 0. The standard InChI is InChI=1S/C12H20N2O/c1-12(5-2-3-6-12)11(14-13)8-10-4-7-15-9-10/h4,7,9,11,14H,2-3,5-6,8,13H2,1H3. The Hall–Kier alpha value is -0.800. The van der Waals surface area contributed by atoms with E-state index in [0.717, 1.165) is 6.42 Å². The van der Waals surface area contributed by atoms with E-state index < -0.39 is 0 Å². The molecular weight excluding hydrogens is 188 g/mol. The molecule has 1 aromatic rings. The Morgan fingerprint density at radius 1 is 1.53 bits per heavy atom. The van der Waals surface area contributed by atoms with Crippen molar-refractivity contribution < 1.29 is 4.42 Å². The van der Waals surface area contributed by atoms with Gasteiger partial charge in [-0.1, -0.05) is 19.8 Å². The number of nitrogens with one attached hydrogen (secondary N) is 1. The molecule has 2 rings (SSSR count). The van der Waals surface area contributed by atoms with Crippen LogP contribution in [0, 0.1) is 5.41 Å². The summed E-state index contributed by atoms with van der Waals surface area (Å²) >= 11 is 0. The molecule has 1 aliphatic carbocycles. The van der Waals surface area contributed by atoms with Gasteiger partial charge in [0.25, 0.3) is 0 Å². The lowest BCUT2D eigenvalue weighted by molar-refractivity contribution is 0.220. The van der Waals surface area contributed by atoms with Crippen molar-refractivity contribution in [1.29, 1.82) is 0 Å². The molecular formula is C12H20N2O. The number of hydrogen-bond acceptors (Lipinski definition) is 3. The fourth-order valence-electron chi connectivity index (χ4n) is 2.68. The van der Waals surface area contributed by atoms with Gasteiger partial charge >= 0.3 is 0 Å². The van der Waals surface area contributed by atoms with Crippen molar-refractivity contribution in [3.05, 3.63) is 24.2 Å². The molecule has 0 aromatic carbocycles. The largest absolute Gasteiger partial charge is 0.472 e. The second-order valence-electron chi connectivity index (χ2n) is 4.92. The van der Waals surface area contributed by atoms with E-state index in [2.05, 4.69) is 12.3 Å². The van der Waals surface area contributed by atoms with Crippen molar-refractivity contribution in [3.63, 3.8) is 0 Å². The summed E-state index contributed by atoms with van der Waals surface area (Å²) in [6.07, 6.45) is 9.71. The van der Waals surface area contributed by atoms with Crippen molar-refractivity contribution >= 4 is 0 Å². The molecule has 1 aromatic heterocycles. The highest BCUT2D eigenvalue weighted by Gasteiger charge is 2.36. The van der Waals surface area contributed by atoms with Gasteiger partial charge in [-0.25, -0.2) is 0 Å². The molecule has 0 aliphatic heterocycles. The van der Waals surface area contributed by atoms with Crippen LogP contribution in [0.15, 0.2) is 23.0 Å². The smallest absolute Gasteiger partial charge is 0.0935 e. The molecule has 1 saturated carbocycles. The number of rotatable bonds is 4. The van der Waals surface area contributed by atoms with E-state index >= 15 is 0 Å². The lowest BCUT2D eigenvalue weighted by atomic mass is 9.78. The molecule has 0 bridgehead atoms. The first-order chi connectivity index (χ1) is 7.24. The van der Waals surface area contributed by atoms with Crippen LogP contribution in [-0.4, -0.2) is 6.04 Å². The van der Waals surface area contributed by atoms with Crippen LogP contribution in [0.2, 0.25) is 0 Å². The second kappa shape index (κ2) is 4.37. The first kappa shape index (κ1) is 10.7. The van der Waals surface area contributed by atoms with E-state index in [0.29, 0.717) is 11.5 Å². The predicted octanol–water partition coefficient (Wildman–Crippen LogP) is 2.23. The molecule has 15 heavy (non-hydrogen) atoms. The number of nitrogens with two attached hydrogens (primary N) is 1. The summed E-state index contributed by atoms with van der Waals surface area (Å²) in [6.45, 7) is 2.34. The Labute approximate surface area is 91.0 Å². The SMILES string of the molecule is CC1(C(Cc2ccoc2)NN)CCCC1. The first-order valence-electron chi connectivity index (χ1n) is 5.72. The molecule has 1 unspecified atom stereocenters. The van der Waals surface area contributed by atoms with E-state index in [1.165, 1.54) is 31.2 Å². The fraction of sp³-hybridized carbons (Fsp3) is 0.667. The van der Waals surface area contributed by atoms with E-state index in [1.54, 1.807) is 6.26 Å². The van der Waals surface area contributed by atoms with Gasteiger partial charge < -0.3 is 4.42 Å². The number of hydrazine groups is 1. The molecule has 0 spiro atoms. The van der Waals surface area contributed by atoms with Gasteiger partial charge in [0.1, 0.15) is 0 Å². The van der Waals surface area contributed by atoms with Crippen LogP contribution in [0.3, 0.4) is 0 Å². The minimum Gasteiger partial charge on any atom is -0.472 e. The Bertz CT molecular complexity index is 289. The molecule has 0 amide bonds. The summed E-state index contributed by atoms with van der Waals surface area (Å²) in [4.78, 5) is 0. The van der Waals surface area contributed by atoms with Crippen molar-refractivity contribution in [2.24, 2.45) is 11.3 Å². The highest BCUT2D eigenvalue weighted by molar-refractivity contribution is 5.09. The van der Waals surface area contributed by atoms with Crippen molar-refractivity contribution in [2.75, 3.05) is 0 Å². The van der Waals surface area contributed by atoms with Crippen molar-refractivity contribution in [3.8, 4) is 0 Å². The van der Waals surface area contributed by atoms with Crippen LogP contribution in [0.5, 0.6) is 0 Å². The topological polar surface area (TPSA) is 51.2 Å². The molecule has 3 nitrogen and oxygen atoms in total. The summed E-state index contributed by atoms with van der Waals surface area (Å²) < 4.78 is 5.09. The molecule has 1 atom stereocenters. The van der Waals surface area contributed by atoms with E-state index in [4.69, 9.17) is 10.3 Å². The molecule has 84 valence electrons. The van der Waals surface area contributed by atoms with Crippen LogP contribution in [0.4, 0.5) is 0 Å². The highest BCUT2D eigenvalue weighted by Crippen LogP contribution is 2.41. The molecule has 3 N–H and O–H groups in total. The van der Waals surface area contributed by atoms with Crippen molar-refractivity contribution in [1.82, 2.24) is 5.43 Å². The maximum atomic E-state index is 5.67. The van der Waals surface area contributed by atoms with Gasteiger partial charge in [0, 0.05) is 6.04 Å². The highest BCUT2D eigenvalue weighted by atomic mass is 16.3. The number of hydrogen-bond donors (Lipinski definition) is 2. The van der Waals surface area contributed by atoms with Crippen LogP contribution in [-0.2, 0) is 6.42 Å². The Morgan fingerprint density at radius 2 is 2.27 bits per heavy atom. The van der Waals surface area contributed by atoms with Crippen LogP contribution in [0.25, 0.3) is 0 Å². The summed E-state index contributed by atoms with van der Waals surface area (Å²) in [5.74, 6) is 5.67. The first-order valence-corrected chi connectivity index (χ1v) is 5.72. The normalized spacial score (nSPS) is 21.7. The van der Waals surface area contributed by atoms with Crippen LogP contribution < -0.4 is 11.3 Å². The Balaban J connectivity index is 2.03. The van der Waals surface area contributed by atoms with Crippen LogP contribution >= 0.6 is 0 Å². The molecule has 0 saturated heterocycles. The van der Waals surface area contributed by atoms with E-state index in [1.807, 2.05) is 12.3 Å². The third-order valence-corrected chi connectivity index (χ3v) is 3.81. The zero-order chi connectivity index (χ0) is 10.7. The molecule has 0 radical (unpaired) electrons. The fourth-order valence-corrected chi connectivity index (χ4v) is 2.68. The minimum atomic E-state index is 0.353. The van der Waals surface area contributed by atoms with Gasteiger partial charge in [0.05, 0.1) is 12.5 Å². The summed E-state index contributed by atoms with van der Waals surface area (Å²) in [6, 6.07) is 2.38. The van der Waals surface area contributed by atoms with Crippen LogP contribution in [0.1, 0.15) is 38.2 Å². The molecule has 1 heterocycles. The van der Waals surface area contributed by atoms with Gasteiger partial charge in [-0.05, 0) is 36.3 Å². The second-order valence-corrected chi connectivity index (χ2v) is 4.92. The van der Waals surface area contributed by atoms with Gasteiger partial charge in [-0.2, -0.15) is 0 Å². The van der Waals surface area contributed by atoms with Gasteiger partial charge in [-0.15, -0.1) is 0 Å². The lowest BCUT2D eigenvalue weighted by Gasteiger charge is -2.33. The van der Waals surface area contributed by atoms with Gasteiger partial charge in [0.15, 0.2) is 0 Å². The van der Waals surface area contributed by atoms with E-state index in [-0.39, 0.29) is 0 Å². The van der Waals surface area contributed by atoms with E-state index in [9.17, 15) is 0 Å². The average molecular weight is 208 g/mol. The zero-order valence-corrected chi connectivity index (χ0v) is 9.33. The summed E-state index contributed by atoms with van der Waals surface area (Å²) in [7, 11) is 0. The predicted molar refractivity (Wildman–Crippen MR) is 60.1 cm³/mol. The maximum absolute atomic E-state index is 5.67. The number of furan rings is 1. The maximum Gasteiger partial charge on any atom is 0.0935 e. The van der Waals surface area contributed by atoms with Gasteiger partial charge in [-0.3, -0.25) is 11.3 Å². The monoisotopic (exact) mass is 208 g/mol. The molecule has 3 heteroatoms.